The molecule has 0 saturated heterocycles. The normalized spacial score (nSPS) is 22.8. The summed E-state index contributed by atoms with van der Waals surface area (Å²) in [6.07, 6.45) is 4.11. The highest BCUT2D eigenvalue weighted by molar-refractivity contribution is 7.92. The number of rotatable bonds is 4. The van der Waals surface area contributed by atoms with Crippen molar-refractivity contribution in [1.29, 1.82) is 0 Å². The van der Waals surface area contributed by atoms with E-state index in [-0.39, 0.29) is 10.9 Å². The monoisotopic (exact) mass is 329 g/mol. The lowest BCUT2D eigenvalue weighted by atomic mass is 9.87. The smallest absolute Gasteiger partial charge is 0.235 e. The van der Waals surface area contributed by atoms with E-state index in [0.717, 1.165) is 19.3 Å². The first-order chi connectivity index (χ1) is 9.87. The largest absolute Gasteiger partial charge is 0.352 e. The molecule has 2 rings (SSSR count). The third-order valence-electron chi connectivity index (χ3n) is 3.80. The zero-order valence-electron chi connectivity index (χ0n) is 12.0. The maximum absolute atomic E-state index is 12.2. The van der Waals surface area contributed by atoms with Crippen molar-refractivity contribution in [2.75, 3.05) is 5.75 Å². The first kappa shape index (κ1) is 16.3. The highest BCUT2D eigenvalue weighted by Gasteiger charge is 2.24. The Morgan fingerprint density at radius 2 is 1.95 bits per heavy atom. The summed E-state index contributed by atoms with van der Waals surface area (Å²) in [5.74, 6) is -0.361. The van der Waals surface area contributed by atoms with E-state index in [0.29, 0.717) is 10.9 Å². The number of hydrogen-bond donors (Lipinski definition) is 1. The zero-order valence-corrected chi connectivity index (χ0v) is 13.6. The van der Waals surface area contributed by atoms with Crippen molar-refractivity contribution in [1.82, 2.24) is 5.32 Å². The fourth-order valence-corrected chi connectivity index (χ4v) is 4.00. The van der Waals surface area contributed by atoms with Gasteiger partial charge in [-0.15, -0.1) is 0 Å². The van der Waals surface area contributed by atoms with Gasteiger partial charge in [0.15, 0.2) is 9.84 Å². The summed E-state index contributed by atoms with van der Waals surface area (Å²) >= 11 is 5.74. The SMILES string of the molecule is CC1CCCC(NC(=O)CS(=O)(=O)c2ccc(Cl)cc2)C1. The van der Waals surface area contributed by atoms with Gasteiger partial charge in [0.25, 0.3) is 0 Å². The third-order valence-corrected chi connectivity index (χ3v) is 5.68. The van der Waals surface area contributed by atoms with E-state index in [9.17, 15) is 13.2 Å². The standard InChI is InChI=1S/C15H20ClNO3S/c1-11-3-2-4-13(9-11)17-15(18)10-21(19,20)14-7-5-12(16)6-8-14/h5-8,11,13H,2-4,9-10H2,1H3,(H,17,18). The molecule has 4 nitrogen and oxygen atoms in total. The van der Waals surface area contributed by atoms with Crippen molar-refractivity contribution in [3.05, 3.63) is 29.3 Å². The number of nitrogens with one attached hydrogen (secondary N) is 1. The summed E-state index contributed by atoms with van der Waals surface area (Å²) < 4.78 is 24.3. The molecule has 1 fully saturated rings. The van der Waals surface area contributed by atoms with Crippen LogP contribution in [0, 0.1) is 5.92 Å². The Balaban J connectivity index is 1.96. The molecular weight excluding hydrogens is 310 g/mol. The van der Waals surface area contributed by atoms with Crippen LogP contribution in [-0.4, -0.2) is 26.1 Å². The molecule has 0 aromatic heterocycles. The van der Waals surface area contributed by atoms with Gasteiger partial charge >= 0.3 is 0 Å². The highest BCUT2D eigenvalue weighted by Crippen LogP contribution is 2.23. The van der Waals surface area contributed by atoms with E-state index >= 15 is 0 Å². The first-order valence-electron chi connectivity index (χ1n) is 7.14. The molecule has 0 aliphatic heterocycles. The van der Waals surface area contributed by atoms with E-state index in [1.54, 1.807) is 0 Å². The Morgan fingerprint density at radius 1 is 1.29 bits per heavy atom. The lowest BCUT2D eigenvalue weighted by Gasteiger charge is -2.27. The topological polar surface area (TPSA) is 63.2 Å². The Morgan fingerprint density at radius 3 is 2.57 bits per heavy atom. The first-order valence-corrected chi connectivity index (χ1v) is 9.17. The molecule has 21 heavy (non-hydrogen) atoms. The maximum atomic E-state index is 12.2. The second kappa shape index (κ2) is 6.79. The quantitative estimate of drug-likeness (QED) is 0.923. The second-order valence-electron chi connectivity index (χ2n) is 5.75. The molecule has 1 aliphatic rings. The van der Waals surface area contributed by atoms with Crippen LogP contribution in [0.2, 0.25) is 5.02 Å². The lowest BCUT2D eigenvalue weighted by Crippen LogP contribution is -2.40. The van der Waals surface area contributed by atoms with Crippen molar-refractivity contribution < 1.29 is 13.2 Å². The van der Waals surface area contributed by atoms with Crippen molar-refractivity contribution >= 4 is 27.3 Å². The minimum atomic E-state index is -3.61. The average Bonchev–Trinajstić information content (AvgIpc) is 2.38. The van der Waals surface area contributed by atoms with E-state index in [1.165, 1.54) is 30.7 Å². The van der Waals surface area contributed by atoms with Crippen molar-refractivity contribution in [3.63, 3.8) is 0 Å². The molecule has 2 unspecified atom stereocenters. The number of sulfone groups is 1. The molecular formula is C15H20ClNO3S. The third kappa shape index (κ3) is 4.71. The molecule has 0 heterocycles. The molecule has 116 valence electrons. The summed E-state index contributed by atoms with van der Waals surface area (Å²) in [7, 11) is -3.61. The van der Waals surface area contributed by atoms with Crippen LogP contribution in [-0.2, 0) is 14.6 Å². The predicted molar refractivity (Wildman–Crippen MR) is 83.1 cm³/mol. The molecule has 0 bridgehead atoms. The Kier molecular flexibility index (Phi) is 5.27. The summed E-state index contributed by atoms with van der Waals surface area (Å²) in [5, 5.41) is 3.31. The van der Waals surface area contributed by atoms with Crippen LogP contribution in [0.1, 0.15) is 32.6 Å². The van der Waals surface area contributed by atoms with Gasteiger partial charge in [-0.2, -0.15) is 0 Å². The summed E-state index contributed by atoms with van der Waals surface area (Å²) in [4.78, 5) is 12.1. The van der Waals surface area contributed by atoms with Crippen LogP contribution >= 0.6 is 11.6 Å². The molecule has 0 radical (unpaired) electrons. The summed E-state index contributed by atoms with van der Waals surface area (Å²) in [6, 6.07) is 5.97. The molecule has 1 N–H and O–H groups in total. The highest BCUT2D eigenvalue weighted by atomic mass is 35.5. The molecule has 2 atom stereocenters. The van der Waals surface area contributed by atoms with Crippen LogP contribution in [0.15, 0.2) is 29.2 Å². The Labute approximate surface area is 130 Å². The lowest BCUT2D eigenvalue weighted by molar-refractivity contribution is -0.119. The number of amides is 1. The van der Waals surface area contributed by atoms with Crippen molar-refractivity contribution in [3.8, 4) is 0 Å². The number of hydrogen-bond acceptors (Lipinski definition) is 3. The van der Waals surface area contributed by atoms with Gasteiger partial charge < -0.3 is 5.32 Å². The van der Waals surface area contributed by atoms with Gasteiger partial charge in [0.05, 0.1) is 4.90 Å². The van der Waals surface area contributed by atoms with E-state index in [4.69, 9.17) is 11.6 Å². The number of halogens is 1. The Hall–Kier alpha value is -1.07. The van der Waals surface area contributed by atoms with Gasteiger partial charge in [0.1, 0.15) is 5.75 Å². The van der Waals surface area contributed by atoms with Crippen LogP contribution in [0.3, 0.4) is 0 Å². The number of benzene rings is 1. The molecule has 6 heteroatoms. The summed E-state index contributed by atoms with van der Waals surface area (Å²) in [6.45, 7) is 2.16. The minimum absolute atomic E-state index is 0.0988. The van der Waals surface area contributed by atoms with Crippen molar-refractivity contribution in [2.24, 2.45) is 5.92 Å². The number of carbonyl (C=O) groups excluding carboxylic acids is 1. The van der Waals surface area contributed by atoms with Crippen LogP contribution < -0.4 is 5.32 Å². The molecule has 1 amide bonds. The average molecular weight is 330 g/mol. The molecule has 1 saturated carbocycles. The minimum Gasteiger partial charge on any atom is -0.352 e. The molecule has 0 spiro atoms. The fraction of sp³-hybridized carbons (Fsp3) is 0.533. The van der Waals surface area contributed by atoms with E-state index in [2.05, 4.69) is 12.2 Å². The van der Waals surface area contributed by atoms with Gasteiger partial charge in [-0.1, -0.05) is 31.4 Å². The van der Waals surface area contributed by atoms with Crippen molar-refractivity contribution in [2.45, 2.75) is 43.5 Å². The summed E-state index contributed by atoms with van der Waals surface area (Å²) in [5.41, 5.74) is 0. The Bertz CT molecular complexity index is 598. The van der Waals surface area contributed by atoms with Gasteiger partial charge in [-0.25, -0.2) is 8.42 Å². The van der Waals surface area contributed by atoms with Crippen LogP contribution in [0.25, 0.3) is 0 Å². The zero-order chi connectivity index (χ0) is 15.5. The van der Waals surface area contributed by atoms with Gasteiger partial charge in [-0.3, -0.25) is 4.79 Å². The molecule has 1 aromatic carbocycles. The predicted octanol–water partition coefficient (Wildman–Crippen LogP) is 2.81. The second-order valence-corrected chi connectivity index (χ2v) is 8.18. The van der Waals surface area contributed by atoms with Gasteiger partial charge in [0, 0.05) is 11.1 Å². The maximum Gasteiger partial charge on any atom is 0.235 e. The fourth-order valence-electron chi connectivity index (χ4n) is 2.73. The van der Waals surface area contributed by atoms with E-state index in [1.807, 2.05) is 0 Å². The molecule has 1 aromatic rings. The number of carbonyl (C=O) groups is 1. The van der Waals surface area contributed by atoms with Crippen LogP contribution in [0.4, 0.5) is 0 Å². The van der Waals surface area contributed by atoms with Gasteiger partial charge in [0.2, 0.25) is 5.91 Å². The van der Waals surface area contributed by atoms with Crippen LogP contribution in [0.5, 0.6) is 0 Å². The van der Waals surface area contributed by atoms with Gasteiger partial charge in [-0.05, 0) is 43.0 Å². The molecule has 1 aliphatic carbocycles. The van der Waals surface area contributed by atoms with E-state index < -0.39 is 21.5 Å².